The number of ketones is 1. The van der Waals surface area contributed by atoms with Crippen LogP contribution in [0, 0.1) is 0 Å². The molecule has 3 atom stereocenters. The van der Waals surface area contributed by atoms with Gasteiger partial charge in [0.15, 0.2) is 6.10 Å². The minimum Gasteiger partial charge on any atom is -0.475 e. The van der Waals surface area contributed by atoms with Crippen molar-refractivity contribution in [2.75, 3.05) is 6.61 Å². The topological polar surface area (TPSA) is 182 Å². The Morgan fingerprint density at radius 2 is 1.71 bits per heavy atom. The molecule has 0 heterocycles. The third-order valence-corrected chi connectivity index (χ3v) is 2.11. The molecule has 0 aliphatic heterocycles. The zero-order valence-electron chi connectivity index (χ0n) is 8.20. The van der Waals surface area contributed by atoms with E-state index in [1.807, 2.05) is 0 Å². The Morgan fingerprint density at radius 3 is 2.00 bits per heavy atom. The summed E-state index contributed by atoms with van der Waals surface area (Å²) in [6.45, 7) is -1.06. The van der Waals surface area contributed by atoms with Crippen molar-refractivity contribution in [2.24, 2.45) is 0 Å². The predicted octanol–water partition coefficient (Wildman–Crippen LogP) is -3.17. The van der Waals surface area contributed by atoms with Crippen molar-refractivity contribution in [1.82, 2.24) is 0 Å². The number of phosphoric acid groups is 1. The number of phosphoric ester groups is 1. The van der Waals surface area contributed by atoms with Crippen LogP contribution in [-0.2, 0) is 18.7 Å². The number of rotatable bonds is 7. The number of carbonyl (C=O) groups is 2. The van der Waals surface area contributed by atoms with Gasteiger partial charge >= 0.3 is 13.8 Å². The molecule has 11 heteroatoms. The fraction of sp³-hybridized carbons (Fsp3) is 0.667. The van der Waals surface area contributed by atoms with Crippen LogP contribution in [0.2, 0.25) is 0 Å². The third-order valence-electron chi connectivity index (χ3n) is 1.61. The van der Waals surface area contributed by atoms with Crippen LogP contribution in [0.5, 0.6) is 0 Å². The molecule has 0 aromatic rings. The van der Waals surface area contributed by atoms with Gasteiger partial charge in [0.1, 0.15) is 12.2 Å². The van der Waals surface area contributed by atoms with Gasteiger partial charge < -0.3 is 30.2 Å². The van der Waals surface area contributed by atoms with Crippen molar-refractivity contribution in [2.45, 2.75) is 18.3 Å². The first kappa shape index (κ1) is 16.1. The predicted molar refractivity (Wildman–Crippen MR) is 48.7 cm³/mol. The molecule has 0 unspecified atom stereocenters. The van der Waals surface area contributed by atoms with E-state index >= 15 is 0 Å². The lowest BCUT2D eigenvalue weighted by Crippen LogP contribution is -2.47. The molecule has 0 aliphatic rings. The Bertz CT molecular complexity index is 334. The number of aliphatic hydroxyl groups is 3. The molecule has 0 rings (SSSR count). The van der Waals surface area contributed by atoms with Crippen molar-refractivity contribution >= 4 is 19.6 Å². The highest BCUT2D eigenvalue weighted by Gasteiger charge is 2.40. The smallest absolute Gasteiger partial charge is 0.470 e. The normalized spacial score (nSPS) is 17.2. The van der Waals surface area contributed by atoms with E-state index in [9.17, 15) is 19.3 Å². The minimum atomic E-state index is -5.26. The van der Waals surface area contributed by atoms with Crippen LogP contribution in [-0.4, -0.2) is 66.9 Å². The van der Waals surface area contributed by atoms with E-state index in [4.69, 9.17) is 25.1 Å². The molecule has 0 saturated heterocycles. The highest BCUT2D eigenvalue weighted by Crippen LogP contribution is 2.38. The lowest BCUT2D eigenvalue weighted by atomic mass is 10.1. The molecule has 0 radical (unpaired) electrons. The third kappa shape index (κ3) is 5.33. The van der Waals surface area contributed by atoms with E-state index in [0.29, 0.717) is 0 Å². The van der Waals surface area contributed by atoms with Crippen molar-refractivity contribution < 1.29 is 48.9 Å². The Morgan fingerprint density at radius 1 is 1.24 bits per heavy atom. The van der Waals surface area contributed by atoms with E-state index in [1.165, 1.54) is 0 Å². The van der Waals surface area contributed by atoms with Crippen LogP contribution >= 0.6 is 7.82 Å². The van der Waals surface area contributed by atoms with Crippen LogP contribution in [0.4, 0.5) is 0 Å². The average Bonchev–Trinajstić information content (AvgIpc) is 2.21. The summed E-state index contributed by atoms with van der Waals surface area (Å²) in [6, 6.07) is 0. The van der Waals surface area contributed by atoms with Crippen LogP contribution in [0.15, 0.2) is 0 Å². The zero-order chi connectivity index (χ0) is 13.8. The number of hydrogen-bond donors (Lipinski definition) is 6. The second-order valence-corrected chi connectivity index (χ2v) is 4.12. The number of aliphatic carboxylic acids is 1. The van der Waals surface area contributed by atoms with Crippen molar-refractivity contribution in [3.05, 3.63) is 0 Å². The first-order valence-corrected chi connectivity index (χ1v) is 5.61. The molecule has 0 aromatic heterocycles. The number of carbonyl (C=O) groups excluding carboxylic acids is 1. The van der Waals surface area contributed by atoms with Crippen LogP contribution < -0.4 is 0 Å². The second kappa shape index (κ2) is 6.17. The molecule has 0 aliphatic carbocycles. The standard InChI is InChI=1S/C6H11O10P/c7-1-2(8)3(9)5(4(10)6(11)12)16-17(13,14)15/h2-3,5,7-9H,1H2,(H,11,12)(H2,13,14,15)/t2-,3-,5+/m1/s1. The second-order valence-electron chi connectivity index (χ2n) is 2.93. The van der Waals surface area contributed by atoms with Gasteiger partial charge in [0.25, 0.3) is 5.78 Å². The Kier molecular flexibility index (Phi) is 5.85. The van der Waals surface area contributed by atoms with Gasteiger partial charge in [-0.1, -0.05) is 0 Å². The van der Waals surface area contributed by atoms with E-state index in [0.717, 1.165) is 0 Å². The lowest BCUT2D eigenvalue weighted by Gasteiger charge is -2.23. The number of Topliss-reactive ketones (excluding diaryl/α,β-unsaturated/α-hetero) is 1. The monoisotopic (exact) mass is 274 g/mol. The fourth-order valence-electron chi connectivity index (χ4n) is 0.845. The van der Waals surface area contributed by atoms with Gasteiger partial charge in [-0.05, 0) is 0 Å². The summed E-state index contributed by atoms with van der Waals surface area (Å²) in [5.41, 5.74) is 0. The van der Waals surface area contributed by atoms with E-state index < -0.39 is 44.5 Å². The number of aliphatic hydroxyl groups excluding tert-OH is 3. The molecule has 6 N–H and O–H groups in total. The molecule has 0 bridgehead atoms. The van der Waals surface area contributed by atoms with Gasteiger partial charge in [-0.3, -0.25) is 9.32 Å². The zero-order valence-corrected chi connectivity index (χ0v) is 9.10. The van der Waals surface area contributed by atoms with Gasteiger partial charge in [-0.2, -0.15) is 0 Å². The van der Waals surface area contributed by atoms with Crippen molar-refractivity contribution in [1.29, 1.82) is 0 Å². The molecule has 0 amide bonds. The van der Waals surface area contributed by atoms with Gasteiger partial charge in [0, 0.05) is 0 Å². The molecule has 0 spiro atoms. The Hall–Kier alpha value is -0.870. The van der Waals surface area contributed by atoms with Gasteiger partial charge in [0.2, 0.25) is 0 Å². The summed E-state index contributed by atoms with van der Waals surface area (Å²) in [6.07, 6.45) is -6.78. The first-order chi connectivity index (χ1) is 7.60. The maximum Gasteiger partial charge on any atom is 0.470 e. The summed E-state index contributed by atoms with van der Waals surface area (Å²) in [7, 11) is -5.26. The molecular weight excluding hydrogens is 263 g/mol. The fourth-order valence-corrected chi connectivity index (χ4v) is 1.36. The summed E-state index contributed by atoms with van der Waals surface area (Å²) in [5, 5.41) is 34.9. The molecule has 17 heavy (non-hydrogen) atoms. The molecule has 100 valence electrons. The van der Waals surface area contributed by atoms with Crippen LogP contribution in [0.3, 0.4) is 0 Å². The molecular formula is C6H11O10P. The SMILES string of the molecule is O=C(O)C(=O)[C@@H](OP(=O)(O)O)[C@H](O)[C@H](O)CO. The lowest BCUT2D eigenvalue weighted by molar-refractivity contribution is -0.158. The molecule has 0 aromatic carbocycles. The van der Waals surface area contributed by atoms with E-state index in [2.05, 4.69) is 4.52 Å². The maximum absolute atomic E-state index is 11.0. The number of hydrogen-bond acceptors (Lipinski definition) is 7. The average molecular weight is 274 g/mol. The Labute approximate surface area is 94.3 Å². The van der Waals surface area contributed by atoms with Crippen LogP contribution in [0.1, 0.15) is 0 Å². The Balaban J connectivity index is 5.04. The number of carboxylic acids is 1. The summed E-state index contributed by atoms with van der Waals surface area (Å²) >= 11 is 0. The first-order valence-electron chi connectivity index (χ1n) is 4.08. The summed E-state index contributed by atoms with van der Waals surface area (Å²) in [5.74, 6) is -3.99. The minimum absolute atomic E-state index is 1.06. The van der Waals surface area contributed by atoms with E-state index in [1.54, 1.807) is 0 Å². The van der Waals surface area contributed by atoms with E-state index in [-0.39, 0.29) is 0 Å². The van der Waals surface area contributed by atoms with Crippen LogP contribution in [0.25, 0.3) is 0 Å². The summed E-state index contributed by atoms with van der Waals surface area (Å²) in [4.78, 5) is 38.1. The quantitative estimate of drug-likeness (QED) is 0.204. The largest absolute Gasteiger partial charge is 0.475 e. The number of carboxylic acid groups (broad SMARTS) is 1. The van der Waals surface area contributed by atoms with Crippen molar-refractivity contribution in [3.63, 3.8) is 0 Å². The maximum atomic E-state index is 11.0. The van der Waals surface area contributed by atoms with Crippen molar-refractivity contribution in [3.8, 4) is 0 Å². The molecule has 10 nitrogen and oxygen atoms in total. The summed E-state index contributed by atoms with van der Waals surface area (Å²) < 4.78 is 14.2. The van der Waals surface area contributed by atoms with Gasteiger partial charge in [-0.25, -0.2) is 9.36 Å². The molecule has 0 fully saturated rings. The van der Waals surface area contributed by atoms with Gasteiger partial charge in [0.05, 0.1) is 6.61 Å². The molecule has 0 saturated carbocycles. The van der Waals surface area contributed by atoms with Gasteiger partial charge in [-0.15, -0.1) is 0 Å². The highest BCUT2D eigenvalue weighted by molar-refractivity contribution is 7.46. The highest BCUT2D eigenvalue weighted by atomic mass is 31.2.